The van der Waals surface area contributed by atoms with Gasteiger partial charge in [0.1, 0.15) is 0 Å². The van der Waals surface area contributed by atoms with Gasteiger partial charge in [-0.05, 0) is 36.5 Å². The molecule has 2 bridgehead atoms. The number of amides is 1. The Bertz CT molecular complexity index is 366. The number of carbonyl (C=O) groups is 1. The molecule has 1 saturated carbocycles. The Morgan fingerprint density at radius 1 is 1.12 bits per heavy atom. The van der Waals surface area contributed by atoms with E-state index in [9.17, 15) is 4.79 Å². The van der Waals surface area contributed by atoms with Crippen molar-refractivity contribution in [1.82, 2.24) is 10.2 Å². The van der Waals surface area contributed by atoms with Crippen LogP contribution in [0.1, 0.15) is 12.8 Å². The third-order valence-corrected chi connectivity index (χ3v) is 5.30. The quantitative estimate of drug-likeness (QED) is 0.681. The van der Waals surface area contributed by atoms with Crippen molar-refractivity contribution in [3.8, 4) is 0 Å². The summed E-state index contributed by atoms with van der Waals surface area (Å²) in [5.74, 6) is 3.50. The molecule has 2 saturated heterocycles. The summed E-state index contributed by atoms with van der Waals surface area (Å²) in [6, 6.07) is 0. The molecule has 0 aromatic carbocycles. The largest absolute Gasteiger partial charge is 0.342 e. The number of hydrogen-bond acceptors (Lipinski definition) is 2. The van der Waals surface area contributed by atoms with Gasteiger partial charge in [-0.15, -0.1) is 0 Å². The monoisotopic (exact) mass is 232 g/mol. The van der Waals surface area contributed by atoms with Crippen molar-refractivity contribution in [3.63, 3.8) is 0 Å². The number of rotatable bonds is 1. The minimum absolute atomic E-state index is 0.316. The minimum atomic E-state index is 0.316. The highest BCUT2D eigenvalue weighted by Crippen LogP contribution is 2.44. The Morgan fingerprint density at radius 3 is 2.47 bits per heavy atom. The van der Waals surface area contributed by atoms with Crippen LogP contribution >= 0.6 is 0 Å². The molecule has 0 aromatic rings. The molecule has 2 heterocycles. The molecule has 5 atom stereocenters. The number of nitrogens with one attached hydrogen (secondary N) is 1. The maximum Gasteiger partial charge on any atom is 0.226 e. The third-order valence-electron chi connectivity index (χ3n) is 5.30. The second-order valence-corrected chi connectivity index (χ2v) is 6.31. The van der Waals surface area contributed by atoms with Gasteiger partial charge in [-0.3, -0.25) is 4.79 Å². The molecule has 4 aliphatic rings. The molecule has 92 valence electrons. The van der Waals surface area contributed by atoms with E-state index in [0.717, 1.165) is 44.4 Å². The van der Waals surface area contributed by atoms with Crippen LogP contribution in [0.5, 0.6) is 0 Å². The maximum atomic E-state index is 12.5. The van der Waals surface area contributed by atoms with Gasteiger partial charge in [0.15, 0.2) is 0 Å². The standard InChI is InChI=1S/C14H20N2O/c17-14(13-4-9-1-2-10(13)3-9)16-7-11-5-15-6-12(11)8-16/h1-2,9-13,15H,3-8H2. The first-order chi connectivity index (χ1) is 8.31. The van der Waals surface area contributed by atoms with Gasteiger partial charge in [0, 0.05) is 32.1 Å². The lowest BCUT2D eigenvalue weighted by atomic mass is 9.92. The van der Waals surface area contributed by atoms with Crippen LogP contribution in [0.3, 0.4) is 0 Å². The smallest absolute Gasteiger partial charge is 0.226 e. The Hall–Kier alpha value is -0.830. The fourth-order valence-corrected chi connectivity index (χ4v) is 4.33. The molecule has 3 nitrogen and oxygen atoms in total. The van der Waals surface area contributed by atoms with Crippen molar-refractivity contribution >= 4 is 5.91 Å². The summed E-state index contributed by atoms with van der Waals surface area (Å²) in [6.07, 6.45) is 6.95. The van der Waals surface area contributed by atoms with E-state index in [1.807, 2.05) is 0 Å². The zero-order valence-corrected chi connectivity index (χ0v) is 10.1. The molecule has 0 aromatic heterocycles. The van der Waals surface area contributed by atoms with E-state index < -0.39 is 0 Å². The zero-order chi connectivity index (χ0) is 11.4. The number of nitrogens with zero attached hydrogens (tertiary/aromatic N) is 1. The zero-order valence-electron chi connectivity index (χ0n) is 10.1. The minimum Gasteiger partial charge on any atom is -0.342 e. The first-order valence-corrected chi connectivity index (χ1v) is 6.99. The van der Waals surface area contributed by atoms with Crippen LogP contribution in [0.4, 0.5) is 0 Å². The number of hydrogen-bond donors (Lipinski definition) is 1. The maximum absolute atomic E-state index is 12.5. The van der Waals surface area contributed by atoms with Crippen LogP contribution in [-0.4, -0.2) is 37.0 Å². The highest BCUT2D eigenvalue weighted by molar-refractivity contribution is 5.80. The summed E-state index contributed by atoms with van der Waals surface area (Å²) >= 11 is 0. The van der Waals surface area contributed by atoms with E-state index in [-0.39, 0.29) is 0 Å². The summed E-state index contributed by atoms with van der Waals surface area (Å²) < 4.78 is 0. The van der Waals surface area contributed by atoms with E-state index in [1.165, 1.54) is 6.42 Å². The van der Waals surface area contributed by atoms with Crippen LogP contribution < -0.4 is 5.32 Å². The van der Waals surface area contributed by atoms with Gasteiger partial charge in [-0.1, -0.05) is 12.2 Å². The molecular weight excluding hydrogens is 212 g/mol. The molecule has 1 amide bonds. The van der Waals surface area contributed by atoms with E-state index in [4.69, 9.17) is 0 Å². The summed E-state index contributed by atoms with van der Waals surface area (Å²) in [5, 5.41) is 3.43. The van der Waals surface area contributed by atoms with E-state index in [0.29, 0.717) is 23.7 Å². The highest BCUT2D eigenvalue weighted by atomic mass is 16.2. The lowest BCUT2D eigenvalue weighted by Crippen LogP contribution is -2.37. The molecule has 3 fully saturated rings. The number of carbonyl (C=O) groups excluding carboxylic acids is 1. The van der Waals surface area contributed by atoms with E-state index in [2.05, 4.69) is 22.4 Å². The first-order valence-electron chi connectivity index (χ1n) is 6.99. The van der Waals surface area contributed by atoms with Gasteiger partial charge in [-0.2, -0.15) is 0 Å². The summed E-state index contributed by atoms with van der Waals surface area (Å²) in [5.41, 5.74) is 0. The summed E-state index contributed by atoms with van der Waals surface area (Å²) in [7, 11) is 0. The van der Waals surface area contributed by atoms with Crippen LogP contribution in [0.25, 0.3) is 0 Å². The Morgan fingerprint density at radius 2 is 1.88 bits per heavy atom. The molecule has 2 aliphatic carbocycles. The Labute approximate surface area is 102 Å². The second-order valence-electron chi connectivity index (χ2n) is 6.31. The van der Waals surface area contributed by atoms with E-state index in [1.54, 1.807) is 0 Å². The van der Waals surface area contributed by atoms with Gasteiger partial charge in [0.25, 0.3) is 0 Å². The molecule has 3 heteroatoms. The molecule has 1 N–H and O–H groups in total. The number of allylic oxidation sites excluding steroid dienone is 2. The summed E-state index contributed by atoms with van der Waals surface area (Å²) in [4.78, 5) is 14.7. The molecule has 17 heavy (non-hydrogen) atoms. The number of fused-ring (bicyclic) bond motifs is 3. The lowest BCUT2D eigenvalue weighted by Gasteiger charge is -2.25. The fraction of sp³-hybridized carbons (Fsp3) is 0.786. The van der Waals surface area contributed by atoms with Gasteiger partial charge < -0.3 is 10.2 Å². The first kappa shape index (κ1) is 10.1. The molecular formula is C14H20N2O. The SMILES string of the molecule is O=C(C1CC2C=CC1C2)N1CC2CNCC2C1. The lowest BCUT2D eigenvalue weighted by molar-refractivity contribution is -0.135. The highest BCUT2D eigenvalue weighted by Gasteiger charge is 2.45. The van der Waals surface area contributed by atoms with Crippen LogP contribution in [0.15, 0.2) is 12.2 Å². The average molecular weight is 232 g/mol. The van der Waals surface area contributed by atoms with Crippen LogP contribution in [-0.2, 0) is 4.79 Å². The van der Waals surface area contributed by atoms with Gasteiger partial charge in [0.2, 0.25) is 5.91 Å². The molecule has 5 unspecified atom stereocenters. The topological polar surface area (TPSA) is 32.3 Å². The van der Waals surface area contributed by atoms with Crippen molar-refractivity contribution < 1.29 is 4.79 Å². The van der Waals surface area contributed by atoms with Crippen molar-refractivity contribution in [2.75, 3.05) is 26.2 Å². The van der Waals surface area contributed by atoms with E-state index >= 15 is 0 Å². The van der Waals surface area contributed by atoms with Crippen LogP contribution in [0, 0.1) is 29.6 Å². The van der Waals surface area contributed by atoms with Crippen molar-refractivity contribution in [3.05, 3.63) is 12.2 Å². The second kappa shape index (κ2) is 3.58. The van der Waals surface area contributed by atoms with Gasteiger partial charge in [0.05, 0.1) is 0 Å². The van der Waals surface area contributed by atoms with Gasteiger partial charge in [-0.25, -0.2) is 0 Å². The molecule has 0 radical (unpaired) electrons. The molecule has 0 spiro atoms. The third kappa shape index (κ3) is 1.48. The van der Waals surface area contributed by atoms with Gasteiger partial charge >= 0.3 is 0 Å². The van der Waals surface area contributed by atoms with Crippen LogP contribution in [0.2, 0.25) is 0 Å². The van der Waals surface area contributed by atoms with Crippen molar-refractivity contribution in [2.24, 2.45) is 29.6 Å². The fourth-order valence-electron chi connectivity index (χ4n) is 4.33. The average Bonchev–Trinajstić information content (AvgIpc) is 3.06. The normalized spacial score (nSPS) is 46.8. The Kier molecular flexibility index (Phi) is 2.13. The molecule has 2 aliphatic heterocycles. The van der Waals surface area contributed by atoms with Crippen molar-refractivity contribution in [2.45, 2.75) is 12.8 Å². The summed E-state index contributed by atoms with van der Waals surface area (Å²) in [6.45, 7) is 4.25. The molecule has 4 rings (SSSR count). The predicted molar refractivity (Wildman–Crippen MR) is 65.3 cm³/mol. The Balaban J connectivity index is 1.46. The predicted octanol–water partition coefficient (Wildman–Crippen LogP) is 0.876. The number of likely N-dealkylation sites (tertiary alicyclic amines) is 1. The van der Waals surface area contributed by atoms with Crippen molar-refractivity contribution in [1.29, 1.82) is 0 Å².